The molecule has 0 atom stereocenters. The predicted octanol–water partition coefficient (Wildman–Crippen LogP) is 5.57. The Morgan fingerprint density at radius 1 is 0.905 bits per heavy atom. The van der Waals surface area contributed by atoms with Crippen LogP contribution in [-0.2, 0) is 0 Å². The lowest BCUT2D eigenvalue weighted by atomic mass is 9.84. The third kappa shape index (κ3) is 3.54. The van der Waals surface area contributed by atoms with Crippen molar-refractivity contribution in [1.29, 1.82) is 0 Å². The number of hydrogen-bond acceptors (Lipinski definition) is 1. The molecule has 108 valence electrons. The van der Waals surface area contributed by atoms with Gasteiger partial charge in [0.15, 0.2) is 5.78 Å². The molecule has 1 saturated carbocycles. The number of hydrogen-bond donors (Lipinski definition) is 0. The zero-order chi connectivity index (χ0) is 14.7. The molecule has 1 nitrogen and oxygen atoms in total. The molecule has 0 bridgehead atoms. The summed E-state index contributed by atoms with van der Waals surface area (Å²) >= 11 is 2.24. The van der Waals surface area contributed by atoms with E-state index in [2.05, 4.69) is 34.7 Å². The van der Waals surface area contributed by atoms with Crippen LogP contribution in [0.5, 0.6) is 0 Å². The monoisotopic (exact) mass is 390 g/mol. The minimum atomic E-state index is 0.115. The summed E-state index contributed by atoms with van der Waals surface area (Å²) in [6.07, 6.45) is 6.65. The van der Waals surface area contributed by atoms with E-state index in [0.717, 1.165) is 14.7 Å². The first-order valence-corrected chi connectivity index (χ1v) is 8.72. The molecule has 3 rings (SSSR count). The van der Waals surface area contributed by atoms with Crippen molar-refractivity contribution in [2.75, 3.05) is 0 Å². The quantitative estimate of drug-likeness (QED) is 0.495. The van der Waals surface area contributed by atoms with Gasteiger partial charge in [-0.15, -0.1) is 0 Å². The predicted molar refractivity (Wildman–Crippen MR) is 94.9 cm³/mol. The zero-order valence-corrected chi connectivity index (χ0v) is 14.2. The summed E-state index contributed by atoms with van der Waals surface area (Å²) in [5.74, 6) is 0.810. The summed E-state index contributed by atoms with van der Waals surface area (Å²) < 4.78 is 1.09. The van der Waals surface area contributed by atoms with Gasteiger partial charge in [0, 0.05) is 14.7 Å². The molecule has 2 aromatic rings. The van der Waals surface area contributed by atoms with Crippen LogP contribution in [0, 0.1) is 3.57 Å². The molecular weight excluding hydrogens is 371 g/mol. The second kappa shape index (κ2) is 6.73. The van der Waals surface area contributed by atoms with E-state index in [0.29, 0.717) is 5.92 Å². The average Bonchev–Trinajstić information content (AvgIpc) is 2.55. The molecule has 0 radical (unpaired) electrons. The summed E-state index contributed by atoms with van der Waals surface area (Å²) in [6, 6.07) is 16.1. The van der Waals surface area contributed by atoms with E-state index in [-0.39, 0.29) is 5.78 Å². The van der Waals surface area contributed by atoms with Crippen molar-refractivity contribution < 1.29 is 4.79 Å². The van der Waals surface area contributed by atoms with Crippen molar-refractivity contribution in [1.82, 2.24) is 0 Å². The lowest BCUT2D eigenvalue weighted by Gasteiger charge is -2.22. The summed E-state index contributed by atoms with van der Waals surface area (Å²) in [6.45, 7) is 0. The molecule has 0 spiro atoms. The average molecular weight is 390 g/mol. The fourth-order valence-electron chi connectivity index (χ4n) is 3.14. The lowest BCUT2D eigenvalue weighted by molar-refractivity contribution is 0.103. The van der Waals surface area contributed by atoms with Gasteiger partial charge in [-0.05, 0) is 59.0 Å². The van der Waals surface area contributed by atoms with Gasteiger partial charge < -0.3 is 0 Å². The molecule has 2 heteroatoms. The van der Waals surface area contributed by atoms with Crippen LogP contribution in [-0.4, -0.2) is 5.78 Å². The smallest absolute Gasteiger partial charge is 0.193 e. The number of halogens is 1. The van der Waals surface area contributed by atoms with Gasteiger partial charge >= 0.3 is 0 Å². The Kier molecular flexibility index (Phi) is 4.73. The van der Waals surface area contributed by atoms with Crippen LogP contribution < -0.4 is 0 Å². The molecule has 0 N–H and O–H groups in total. The highest BCUT2D eigenvalue weighted by molar-refractivity contribution is 14.1. The van der Waals surface area contributed by atoms with E-state index in [1.807, 2.05) is 36.4 Å². The SMILES string of the molecule is O=C(c1ccc(C2CCCCC2)cc1)c1cccc(I)c1. The molecule has 0 amide bonds. The molecular formula is C19H19IO. The molecule has 21 heavy (non-hydrogen) atoms. The Balaban J connectivity index is 1.78. The second-order valence-electron chi connectivity index (χ2n) is 5.80. The number of carbonyl (C=O) groups excluding carboxylic acids is 1. The van der Waals surface area contributed by atoms with Crippen LogP contribution in [0.2, 0.25) is 0 Å². The van der Waals surface area contributed by atoms with Crippen LogP contribution in [0.3, 0.4) is 0 Å². The van der Waals surface area contributed by atoms with Crippen molar-refractivity contribution in [3.63, 3.8) is 0 Å². The number of benzene rings is 2. The highest BCUT2D eigenvalue weighted by atomic mass is 127. The highest BCUT2D eigenvalue weighted by Gasteiger charge is 2.16. The standard InChI is InChI=1S/C19H19IO/c20-18-8-4-7-17(13-18)19(21)16-11-9-15(10-12-16)14-5-2-1-3-6-14/h4,7-14H,1-3,5-6H2. The topological polar surface area (TPSA) is 17.1 Å². The molecule has 1 aliphatic rings. The van der Waals surface area contributed by atoms with E-state index in [4.69, 9.17) is 0 Å². The highest BCUT2D eigenvalue weighted by Crippen LogP contribution is 2.32. The minimum Gasteiger partial charge on any atom is -0.289 e. The van der Waals surface area contributed by atoms with Gasteiger partial charge in [0.05, 0.1) is 0 Å². The molecule has 0 unspecified atom stereocenters. The maximum Gasteiger partial charge on any atom is 0.193 e. The molecule has 2 aromatic carbocycles. The number of rotatable bonds is 3. The van der Waals surface area contributed by atoms with Gasteiger partial charge in [-0.2, -0.15) is 0 Å². The number of ketones is 1. The first-order valence-electron chi connectivity index (χ1n) is 7.64. The molecule has 0 aromatic heterocycles. The van der Waals surface area contributed by atoms with Gasteiger partial charge in [0.2, 0.25) is 0 Å². The maximum absolute atomic E-state index is 12.5. The second-order valence-corrected chi connectivity index (χ2v) is 7.04. The summed E-state index contributed by atoms with van der Waals surface area (Å²) in [4.78, 5) is 12.5. The fourth-order valence-corrected chi connectivity index (χ4v) is 3.68. The van der Waals surface area contributed by atoms with Gasteiger partial charge in [0.1, 0.15) is 0 Å². The Morgan fingerprint density at radius 3 is 2.29 bits per heavy atom. The summed E-state index contributed by atoms with van der Waals surface area (Å²) in [5, 5.41) is 0. The Bertz CT molecular complexity index is 624. The van der Waals surface area contributed by atoms with Crippen LogP contribution in [0.25, 0.3) is 0 Å². The molecule has 0 aliphatic heterocycles. The van der Waals surface area contributed by atoms with E-state index < -0.39 is 0 Å². The third-order valence-corrected chi connectivity index (χ3v) is 5.01. The molecule has 1 aliphatic carbocycles. The van der Waals surface area contributed by atoms with Crippen molar-refractivity contribution in [2.45, 2.75) is 38.0 Å². The van der Waals surface area contributed by atoms with Gasteiger partial charge in [-0.25, -0.2) is 0 Å². The van der Waals surface area contributed by atoms with Crippen molar-refractivity contribution >= 4 is 28.4 Å². The van der Waals surface area contributed by atoms with E-state index in [9.17, 15) is 4.79 Å². The Morgan fingerprint density at radius 2 is 1.62 bits per heavy atom. The van der Waals surface area contributed by atoms with Crippen molar-refractivity contribution in [3.8, 4) is 0 Å². The summed E-state index contributed by atoms with van der Waals surface area (Å²) in [5.41, 5.74) is 2.96. The van der Waals surface area contributed by atoms with Crippen LogP contribution in [0.4, 0.5) is 0 Å². The van der Waals surface area contributed by atoms with Crippen LogP contribution in [0.1, 0.15) is 59.5 Å². The summed E-state index contributed by atoms with van der Waals surface area (Å²) in [7, 11) is 0. The van der Waals surface area contributed by atoms with Gasteiger partial charge in [0.25, 0.3) is 0 Å². The van der Waals surface area contributed by atoms with E-state index >= 15 is 0 Å². The molecule has 0 heterocycles. The van der Waals surface area contributed by atoms with Crippen molar-refractivity contribution in [2.24, 2.45) is 0 Å². The van der Waals surface area contributed by atoms with Crippen LogP contribution in [0.15, 0.2) is 48.5 Å². The minimum absolute atomic E-state index is 0.115. The van der Waals surface area contributed by atoms with E-state index in [1.54, 1.807) is 0 Å². The zero-order valence-electron chi connectivity index (χ0n) is 12.0. The third-order valence-electron chi connectivity index (χ3n) is 4.34. The molecule has 1 fully saturated rings. The first-order chi connectivity index (χ1) is 10.2. The maximum atomic E-state index is 12.5. The largest absolute Gasteiger partial charge is 0.289 e. The fraction of sp³-hybridized carbons (Fsp3) is 0.316. The van der Waals surface area contributed by atoms with E-state index in [1.165, 1.54) is 37.7 Å². The first kappa shape index (κ1) is 14.8. The lowest BCUT2D eigenvalue weighted by Crippen LogP contribution is -2.06. The van der Waals surface area contributed by atoms with Crippen molar-refractivity contribution in [3.05, 3.63) is 68.8 Å². The number of carbonyl (C=O) groups is 1. The molecule has 0 saturated heterocycles. The van der Waals surface area contributed by atoms with Gasteiger partial charge in [-0.1, -0.05) is 55.7 Å². The van der Waals surface area contributed by atoms with Crippen LogP contribution >= 0.6 is 22.6 Å². The Labute approximate surface area is 139 Å². The Hall–Kier alpha value is -1.16. The van der Waals surface area contributed by atoms with Gasteiger partial charge in [-0.3, -0.25) is 4.79 Å². The normalized spacial score (nSPS) is 15.9.